The van der Waals surface area contributed by atoms with Crippen LogP contribution in [-0.4, -0.2) is 149 Å². The van der Waals surface area contributed by atoms with Gasteiger partial charge in [-0.15, -0.1) is 17.9 Å². The van der Waals surface area contributed by atoms with Gasteiger partial charge in [-0.2, -0.15) is 4.98 Å². The summed E-state index contributed by atoms with van der Waals surface area (Å²) in [6, 6.07) is 20.5. The van der Waals surface area contributed by atoms with E-state index in [1.165, 1.54) is 15.8 Å². The fourth-order valence-corrected chi connectivity index (χ4v) is 13.0. The minimum atomic E-state index is -1.18. The van der Waals surface area contributed by atoms with Crippen molar-refractivity contribution in [2.75, 3.05) is 62.6 Å². The zero-order valence-electron chi connectivity index (χ0n) is 47.7. The van der Waals surface area contributed by atoms with Crippen molar-refractivity contribution in [2.24, 2.45) is 17.3 Å². The third-order valence-corrected chi connectivity index (χ3v) is 17.8. The van der Waals surface area contributed by atoms with Crippen LogP contribution in [0.2, 0.25) is 0 Å². The van der Waals surface area contributed by atoms with Crippen LogP contribution in [0.3, 0.4) is 0 Å². The maximum Gasteiger partial charge on any atom is 0.278 e. The number of aliphatic hydroxyl groups excluding tert-OH is 1. The van der Waals surface area contributed by atoms with E-state index in [-0.39, 0.29) is 55.3 Å². The molecule has 3 aliphatic heterocycles. The van der Waals surface area contributed by atoms with E-state index >= 15 is 0 Å². The second kappa shape index (κ2) is 24.3. The Bertz CT molecular complexity index is 3250. The van der Waals surface area contributed by atoms with Crippen LogP contribution in [0.15, 0.2) is 95.9 Å². The second-order valence-corrected chi connectivity index (χ2v) is 25.0. The molecule has 3 amide bonds. The van der Waals surface area contributed by atoms with Gasteiger partial charge < -0.3 is 40.9 Å². The zero-order chi connectivity index (χ0) is 57.2. The first-order chi connectivity index (χ1) is 38.8. The topological polar surface area (TPSA) is 219 Å². The van der Waals surface area contributed by atoms with Crippen molar-refractivity contribution in [3.05, 3.63) is 118 Å². The van der Waals surface area contributed by atoms with Gasteiger partial charge in [0, 0.05) is 81.8 Å². The van der Waals surface area contributed by atoms with E-state index < -0.39 is 29.2 Å². The molecule has 430 valence electrons. The fraction of sp³-hybridized carbons (Fsp3) is 0.508. The van der Waals surface area contributed by atoms with Gasteiger partial charge in [0.1, 0.15) is 23.1 Å². The van der Waals surface area contributed by atoms with Crippen LogP contribution in [-0.2, 0) is 33.1 Å². The molecule has 0 radical (unpaired) electrons. The van der Waals surface area contributed by atoms with Gasteiger partial charge in [0.2, 0.25) is 23.7 Å². The number of aryl methyl sites for hydroxylation is 1. The molecule has 4 aliphatic rings. The third kappa shape index (κ3) is 13.1. The number of pyridine rings is 1. The maximum atomic E-state index is 14.3. The van der Waals surface area contributed by atoms with Crippen LogP contribution in [0.5, 0.6) is 0 Å². The van der Waals surface area contributed by atoms with E-state index in [9.17, 15) is 29.4 Å². The molecule has 19 nitrogen and oxygen atoms in total. The minimum Gasteiger partial charge on any atom is -0.391 e. The minimum absolute atomic E-state index is 0.0401. The van der Waals surface area contributed by atoms with Crippen molar-refractivity contribution in [2.45, 2.75) is 129 Å². The molecule has 2 aromatic carbocycles. The highest BCUT2D eigenvalue weighted by atomic mass is 32.1. The predicted octanol–water partition coefficient (Wildman–Crippen LogP) is 6.77. The lowest BCUT2D eigenvalue weighted by molar-refractivity contribution is -0.144. The third-order valence-electron chi connectivity index (χ3n) is 16.9. The van der Waals surface area contributed by atoms with Gasteiger partial charge in [-0.1, -0.05) is 57.2 Å². The number of hydrogen-bond acceptors (Lipinski definition) is 15. The van der Waals surface area contributed by atoms with Crippen molar-refractivity contribution in [3.8, 4) is 16.3 Å². The van der Waals surface area contributed by atoms with Gasteiger partial charge in [-0.05, 0) is 131 Å². The second-order valence-electron chi connectivity index (χ2n) is 24.2. The standard InChI is InChI=1S/C61H79N13O6S/c1-8-26-73-57(78)48-35-63-59(68-54(48)74(73)51-11-9-10-50(66-51)61(6,7)80)65-44-20-22-45(23-21-44)70-29-31-71(32-30-70)46-24-27-69(28-25-46)36-41-14-18-43(19-15-41)55(76)67-53(60(3,4)5)58(79)72-37-47(75)33-49(72)56(77)62-34-40-12-16-42(17-13-40)52-39(2)64-38-81-52/h8-13,16-17,20-23,35,38,41,43,46-47,49,53,75,80H,1,14-15,18-19,24-34,36-37H2,2-7H3,(H,62,77)(H,67,76)(H,63,65,68)/t41?,43?,47?,49?,53-/m1/s1. The molecule has 6 aromatic rings. The largest absolute Gasteiger partial charge is 0.391 e. The van der Waals surface area contributed by atoms with Gasteiger partial charge in [-0.25, -0.2) is 24.3 Å². The molecule has 81 heavy (non-hydrogen) atoms. The van der Waals surface area contributed by atoms with Crippen LogP contribution in [0.1, 0.15) is 96.5 Å². The van der Waals surface area contributed by atoms with E-state index in [1.54, 1.807) is 54.1 Å². The quantitative estimate of drug-likeness (QED) is 0.0596. The molecule has 20 heteroatoms. The Hall–Kier alpha value is -6.84. The monoisotopic (exact) mass is 1120 g/mol. The van der Waals surface area contributed by atoms with Crippen molar-refractivity contribution in [3.63, 3.8) is 0 Å². The summed E-state index contributed by atoms with van der Waals surface area (Å²) in [7, 11) is 0. The number of benzene rings is 2. The van der Waals surface area contributed by atoms with Gasteiger partial charge in [0.05, 0.1) is 34.4 Å². The molecule has 0 bridgehead atoms. The number of carbonyl (C=O) groups is 3. The number of β-amino-alcohol motifs (C(OH)–C–C–N with tert-alkyl or cyclic N) is 1. The number of piperazine rings is 1. The molecular formula is C61H79N13O6S. The molecule has 3 atom stereocenters. The SMILES string of the molecule is C=CCn1c(=O)c2cnc(Nc3ccc(N4CCN(C5CCN(CC6CCC(C(=O)N[C@H](C(=O)N7CC(O)CC7C(=O)NCc7ccc(-c8scnc8C)cc7)C(C)(C)C)CC6)CC5)CC4)cc3)nc2n1-c1cccc(C(C)(C)O)n1. The molecule has 10 rings (SSSR count). The number of likely N-dealkylation sites (tertiary alicyclic amines) is 2. The summed E-state index contributed by atoms with van der Waals surface area (Å²) < 4.78 is 3.17. The summed E-state index contributed by atoms with van der Waals surface area (Å²) in [5.74, 6) is 0.371. The van der Waals surface area contributed by atoms with Crippen LogP contribution in [0.4, 0.5) is 17.3 Å². The summed E-state index contributed by atoms with van der Waals surface area (Å²) in [6.07, 6.45) is 8.27. The number of nitrogens with one attached hydrogen (secondary N) is 3. The number of carbonyl (C=O) groups excluding carboxylic acids is 3. The number of rotatable bonds is 17. The predicted molar refractivity (Wildman–Crippen MR) is 316 cm³/mol. The average Bonchev–Trinajstić information content (AvgIpc) is 4.38. The Morgan fingerprint density at radius 3 is 2.23 bits per heavy atom. The highest BCUT2D eigenvalue weighted by molar-refractivity contribution is 7.13. The molecule has 0 spiro atoms. The molecule has 4 fully saturated rings. The number of amides is 3. The average molecular weight is 1120 g/mol. The number of fused-ring (bicyclic) bond motifs is 1. The molecule has 2 unspecified atom stereocenters. The number of aromatic nitrogens is 6. The number of thiazole rings is 1. The van der Waals surface area contributed by atoms with Crippen LogP contribution < -0.4 is 26.4 Å². The highest BCUT2D eigenvalue weighted by Gasteiger charge is 2.45. The first-order valence-corrected chi connectivity index (χ1v) is 29.6. The molecule has 1 aliphatic carbocycles. The summed E-state index contributed by atoms with van der Waals surface area (Å²) in [6.45, 7) is 22.6. The van der Waals surface area contributed by atoms with E-state index in [0.717, 1.165) is 117 Å². The number of nitrogens with zero attached hydrogens (tertiary/aromatic N) is 10. The number of aliphatic hydroxyl groups is 2. The highest BCUT2D eigenvalue weighted by Crippen LogP contribution is 2.34. The van der Waals surface area contributed by atoms with Crippen molar-refractivity contribution in [1.82, 2.24) is 54.6 Å². The fourth-order valence-electron chi connectivity index (χ4n) is 12.2. The van der Waals surface area contributed by atoms with Gasteiger partial charge >= 0.3 is 0 Å². The van der Waals surface area contributed by atoms with Crippen LogP contribution in [0.25, 0.3) is 27.3 Å². The number of allylic oxidation sites excluding steroid dienone is 1. The van der Waals surface area contributed by atoms with Crippen LogP contribution in [0, 0.1) is 24.2 Å². The number of piperidine rings is 1. The van der Waals surface area contributed by atoms with Gasteiger partial charge in [0.25, 0.3) is 5.56 Å². The van der Waals surface area contributed by atoms with Crippen molar-refractivity contribution in [1.29, 1.82) is 0 Å². The molecule has 5 N–H and O–H groups in total. The number of hydrogen-bond donors (Lipinski definition) is 5. The molecule has 3 saturated heterocycles. The van der Waals surface area contributed by atoms with E-state index in [1.807, 2.05) is 69.6 Å². The Morgan fingerprint density at radius 2 is 1.58 bits per heavy atom. The van der Waals surface area contributed by atoms with E-state index in [2.05, 4.69) is 64.3 Å². The summed E-state index contributed by atoms with van der Waals surface area (Å²) >= 11 is 1.59. The molecule has 4 aromatic heterocycles. The van der Waals surface area contributed by atoms with Gasteiger partial charge in [0.15, 0.2) is 11.5 Å². The van der Waals surface area contributed by atoms with E-state index in [0.29, 0.717) is 40.5 Å². The summed E-state index contributed by atoms with van der Waals surface area (Å²) in [4.78, 5) is 84.1. The van der Waals surface area contributed by atoms with Crippen molar-refractivity contribution >= 4 is 57.4 Å². The first-order valence-electron chi connectivity index (χ1n) is 28.8. The smallest absolute Gasteiger partial charge is 0.278 e. The van der Waals surface area contributed by atoms with E-state index in [4.69, 9.17) is 4.98 Å². The lowest BCUT2D eigenvalue weighted by Crippen LogP contribution is -2.58. The molecule has 7 heterocycles. The summed E-state index contributed by atoms with van der Waals surface area (Å²) in [5, 5.41) is 31.2. The lowest BCUT2D eigenvalue weighted by atomic mass is 9.80. The van der Waals surface area contributed by atoms with Gasteiger partial charge in [-0.3, -0.25) is 24.1 Å². The number of anilines is 3. The molecule has 1 saturated carbocycles. The Balaban J connectivity index is 0.656. The normalized spacial score (nSPS) is 21.0. The Kier molecular flexibility index (Phi) is 17.2. The Labute approximate surface area is 478 Å². The Morgan fingerprint density at radius 1 is 0.864 bits per heavy atom. The van der Waals surface area contributed by atoms with Crippen molar-refractivity contribution < 1.29 is 24.6 Å². The zero-order valence-corrected chi connectivity index (χ0v) is 48.5. The lowest BCUT2D eigenvalue weighted by Gasteiger charge is -2.44. The van der Waals surface area contributed by atoms with Crippen LogP contribution >= 0.6 is 11.3 Å². The first kappa shape index (κ1) is 57.4. The maximum absolute atomic E-state index is 14.3. The summed E-state index contributed by atoms with van der Waals surface area (Å²) in [5.41, 5.74) is 5.57. The molecular weight excluding hydrogens is 1040 g/mol.